The van der Waals surface area contributed by atoms with Crippen molar-refractivity contribution in [1.82, 2.24) is 5.32 Å². The number of hydrogen-bond donors (Lipinski definition) is 1. The first-order valence-electron chi connectivity index (χ1n) is 3.63. The predicted molar refractivity (Wildman–Crippen MR) is 47.2 cm³/mol. The topological polar surface area (TPSA) is 12.0 Å². The van der Waals surface area contributed by atoms with Gasteiger partial charge in [-0.1, -0.05) is 5.92 Å². The van der Waals surface area contributed by atoms with Crippen molar-refractivity contribution in [3.8, 4) is 12.3 Å². The molecule has 1 aliphatic rings. The highest BCUT2D eigenvalue weighted by atomic mass is 32.2. The molecule has 1 rings (SSSR count). The predicted octanol–water partition coefficient (Wildman–Crippen LogP) is 1.10. The van der Waals surface area contributed by atoms with Gasteiger partial charge in [-0.25, -0.2) is 0 Å². The first-order chi connectivity index (χ1) is 4.88. The van der Waals surface area contributed by atoms with Gasteiger partial charge in [-0.15, -0.1) is 6.42 Å². The summed E-state index contributed by atoms with van der Waals surface area (Å²) < 4.78 is 0. The van der Waals surface area contributed by atoms with E-state index < -0.39 is 0 Å². The Morgan fingerprint density at radius 1 is 1.80 bits per heavy atom. The van der Waals surface area contributed by atoms with Crippen molar-refractivity contribution < 1.29 is 0 Å². The summed E-state index contributed by atoms with van der Waals surface area (Å²) in [5.74, 6) is 4.04. The summed E-state index contributed by atoms with van der Waals surface area (Å²) in [4.78, 5) is 0. The summed E-state index contributed by atoms with van der Waals surface area (Å²) in [5, 5.41) is 3.80. The monoisotopic (exact) mass is 155 g/mol. The third kappa shape index (κ3) is 1.68. The van der Waals surface area contributed by atoms with Crippen LogP contribution >= 0.6 is 11.8 Å². The Balaban J connectivity index is 2.38. The minimum atomic E-state index is 0.285. The molecule has 1 heterocycles. The fourth-order valence-electron chi connectivity index (χ4n) is 1.24. The molecule has 1 fully saturated rings. The van der Waals surface area contributed by atoms with E-state index in [1.54, 1.807) is 0 Å². The van der Waals surface area contributed by atoms with Crippen LogP contribution in [0.1, 0.15) is 12.8 Å². The molecule has 10 heavy (non-hydrogen) atoms. The van der Waals surface area contributed by atoms with E-state index in [0.29, 0.717) is 5.25 Å². The number of nitrogens with one attached hydrogen (secondary N) is 1. The van der Waals surface area contributed by atoms with E-state index in [9.17, 15) is 0 Å². The van der Waals surface area contributed by atoms with Crippen molar-refractivity contribution in [3.63, 3.8) is 0 Å². The second-order valence-electron chi connectivity index (χ2n) is 2.48. The first-order valence-corrected chi connectivity index (χ1v) is 4.68. The molecule has 0 bridgehead atoms. The van der Waals surface area contributed by atoms with Gasteiger partial charge in [-0.05, 0) is 25.6 Å². The largest absolute Gasteiger partial charge is 0.306 e. The number of rotatable bonds is 2. The van der Waals surface area contributed by atoms with Crippen molar-refractivity contribution in [2.75, 3.05) is 12.8 Å². The molecule has 1 saturated heterocycles. The molecule has 1 aliphatic heterocycles. The quantitative estimate of drug-likeness (QED) is 0.599. The number of hydrogen-bond acceptors (Lipinski definition) is 2. The average Bonchev–Trinajstić information content (AvgIpc) is 2.43. The standard InChI is InChI=1S/C8H13NS/c1-3-7(9-2)8-5-4-6-10-8/h1,7-9H,4-6H2,2H3. The molecule has 1 N–H and O–H groups in total. The van der Waals surface area contributed by atoms with Crippen LogP contribution in [-0.2, 0) is 0 Å². The maximum absolute atomic E-state index is 5.34. The van der Waals surface area contributed by atoms with Crippen LogP contribution in [0.3, 0.4) is 0 Å². The van der Waals surface area contributed by atoms with Gasteiger partial charge >= 0.3 is 0 Å². The van der Waals surface area contributed by atoms with E-state index in [1.807, 2.05) is 18.8 Å². The van der Waals surface area contributed by atoms with E-state index in [-0.39, 0.29) is 6.04 Å². The molecule has 0 amide bonds. The highest BCUT2D eigenvalue weighted by molar-refractivity contribution is 8.00. The van der Waals surface area contributed by atoms with Crippen LogP contribution in [0.15, 0.2) is 0 Å². The fraction of sp³-hybridized carbons (Fsp3) is 0.750. The maximum Gasteiger partial charge on any atom is 0.0804 e. The average molecular weight is 155 g/mol. The summed E-state index contributed by atoms with van der Waals surface area (Å²) in [5.41, 5.74) is 0. The molecule has 0 spiro atoms. The molecular weight excluding hydrogens is 142 g/mol. The van der Waals surface area contributed by atoms with Gasteiger partial charge in [0.1, 0.15) is 0 Å². The molecular formula is C8H13NS. The molecule has 0 aliphatic carbocycles. The SMILES string of the molecule is C#CC(NC)C1CCCS1. The van der Waals surface area contributed by atoms with Crippen LogP contribution in [0, 0.1) is 12.3 Å². The van der Waals surface area contributed by atoms with Crippen LogP contribution in [0.4, 0.5) is 0 Å². The Kier molecular flexibility index (Phi) is 3.11. The van der Waals surface area contributed by atoms with Gasteiger partial charge in [0.25, 0.3) is 0 Å². The fourth-order valence-corrected chi connectivity index (χ4v) is 2.62. The zero-order chi connectivity index (χ0) is 7.40. The van der Waals surface area contributed by atoms with E-state index in [0.717, 1.165) is 0 Å². The molecule has 0 aromatic carbocycles. The molecule has 2 heteroatoms. The van der Waals surface area contributed by atoms with E-state index >= 15 is 0 Å². The van der Waals surface area contributed by atoms with Crippen LogP contribution in [0.2, 0.25) is 0 Å². The van der Waals surface area contributed by atoms with Crippen molar-refractivity contribution in [2.45, 2.75) is 24.1 Å². The lowest BCUT2D eigenvalue weighted by Crippen LogP contribution is -2.32. The molecule has 2 atom stereocenters. The summed E-state index contributed by atoms with van der Waals surface area (Å²) in [7, 11) is 1.93. The Hall–Kier alpha value is -0.130. The second-order valence-corrected chi connectivity index (χ2v) is 3.83. The normalized spacial score (nSPS) is 27.8. The maximum atomic E-state index is 5.34. The molecule has 2 unspecified atom stereocenters. The van der Waals surface area contributed by atoms with E-state index in [4.69, 9.17) is 6.42 Å². The molecule has 0 radical (unpaired) electrons. The Morgan fingerprint density at radius 3 is 3.00 bits per heavy atom. The Morgan fingerprint density at radius 2 is 2.60 bits per heavy atom. The second kappa shape index (κ2) is 3.90. The summed E-state index contributed by atoms with van der Waals surface area (Å²) in [6, 6.07) is 0.285. The van der Waals surface area contributed by atoms with Crippen LogP contribution in [-0.4, -0.2) is 24.1 Å². The molecule has 1 nitrogen and oxygen atoms in total. The van der Waals surface area contributed by atoms with Gasteiger partial charge in [0.15, 0.2) is 0 Å². The lowest BCUT2D eigenvalue weighted by atomic mass is 10.1. The molecule has 56 valence electrons. The van der Waals surface area contributed by atoms with Gasteiger partial charge < -0.3 is 5.32 Å². The van der Waals surface area contributed by atoms with Crippen LogP contribution in [0.25, 0.3) is 0 Å². The summed E-state index contributed by atoms with van der Waals surface area (Å²) in [6.07, 6.45) is 7.94. The molecule has 0 saturated carbocycles. The highest BCUT2D eigenvalue weighted by Gasteiger charge is 2.22. The van der Waals surface area contributed by atoms with Gasteiger partial charge in [0.05, 0.1) is 6.04 Å². The highest BCUT2D eigenvalue weighted by Crippen LogP contribution is 2.28. The summed E-state index contributed by atoms with van der Waals surface area (Å²) >= 11 is 1.99. The first kappa shape index (κ1) is 7.97. The van der Waals surface area contributed by atoms with Gasteiger partial charge in [0.2, 0.25) is 0 Å². The number of terminal acetylenes is 1. The lowest BCUT2D eigenvalue weighted by Gasteiger charge is -2.15. The van der Waals surface area contributed by atoms with Gasteiger partial charge in [0, 0.05) is 5.25 Å². The van der Waals surface area contributed by atoms with Gasteiger partial charge in [-0.3, -0.25) is 0 Å². The van der Waals surface area contributed by atoms with Crippen LogP contribution < -0.4 is 5.32 Å². The van der Waals surface area contributed by atoms with Crippen molar-refractivity contribution in [1.29, 1.82) is 0 Å². The Labute approximate surface area is 67.0 Å². The van der Waals surface area contributed by atoms with Crippen molar-refractivity contribution >= 4 is 11.8 Å². The molecule has 0 aromatic heterocycles. The summed E-state index contributed by atoms with van der Waals surface area (Å²) in [6.45, 7) is 0. The minimum absolute atomic E-state index is 0.285. The van der Waals surface area contributed by atoms with Crippen LogP contribution in [0.5, 0.6) is 0 Å². The lowest BCUT2D eigenvalue weighted by molar-refractivity contribution is 0.628. The number of thioether (sulfide) groups is 1. The van der Waals surface area contributed by atoms with E-state index in [1.165, 1.54) is 18.6 Å². The minimum Gasteiger partial charge on any atom is -0.306 e. The van der Waals surface area contributed by atoms with E-state index in [2.05, 4.69) is 11.2 Å². The van der Waals surface area contributed by atoms with Gasteiger partial charge in [-0.2, -0.15) is 11.8 Å². The molecule has 0 aromatic rings. The smallest absolute Gasteiger partial charge is 0.0804 e. The van der Waals surface area contributed by atoms with Crippen molar-refractivity contribution in [3.05, 3.63) is 0 Å². The third-order valence-electron chi connectivity index (χ3n) is 1.83. The Bertz CT molecular complexity index is 133. The third-order valence-corrected chi connectivity index (χ3v) is 3.29. The zero-order valence-electron chi connectivity index (χ0n) is 6.26. The van der Waals surface area contributed by atoms with Crippen molar-refractivity contribution in [2.24, 2.45) is 0 Å². The zero-order valence-corrected chi connectivity index (χ0v) is 7.08.